The van der Waals surface area contributed by atoms with Crippen molar-refractivity contribution in [1.82, 2.24) is 4.98 Å². The third-order valence-corrected chi connectivity index (χ3v) is 2.01. The highest BCUT2D eigenvalue weighted by atomic mass is 16.6. The zero-order chi connectivity index (χ0) is 10.8. The smallest absolute Gasteiger partial charge is 0.258 e. The maximum atomic E-state index is 10.8. The summed E-state index contributed by atoms with van der Waals surface area (Å²) < 4.78 is 0. The molecule has 15 heavy (non-hydrogen) atoms. The summed E-state index contributed by atoms with van der Waals surface area (Å²) in [7, 11) is 0. The van der Waals surface area contributed by atoms with Crippen molar-refractivity contribution in [2.45, 2.75) is 0 Å². The van der Waals surface area contributed by atoms with Crippen LogP contribution in [0.1, 0.15) is 5.69 Å². The number of rotatable bonds is 1. The molecule has 0 atom stereocenters. The van der Waals surface area contributed by atoms with E-state index in [1.807, 2.05) is 0 Å². The van der Waals surface area contributed by atoms with Gasteiger partial charge in [-0.25, -0.2) is 4.98 Å². The van der Waals surface area contributed by atoms with Gasteiger partial charge in [0.2, 0.25) is 0 Å². The van der Waals surface area contributed by atoms with Crippen molar-refractivity contribution in [3.8, 4) is 6.07 Å². The first-order chi connectivity index (χ1) is 7.22. The lowest BCUT2D eigenvalue weighted by atomic mass is 10.1. The lowest BCUT2D eigenvalue weighted by Crippen LogP contribution is -1.93. The van der Waals surface area contributed by atoms with Gasteiger partial charge < -0.3 is 0 Å². The largest absolute Gasteiger partial charge is 0.281 e. The van der Waals surface area contributed by atoms with Gasteiger partial charge in [0, 0.05) is 0 Å². The SMILES string of the molecule is N#Cc1cc([N+](=O)[O-])c2ccccc2n1. The summed E-state index contributed by atoms with van der Waals surface area (Å²) in [6, 6.07) is 9.66. The second-order valence-corrected chi connectivity index (χ2v) is 2.91. The first-order valence-corrected chi connectivity index (χ1v) is 4.16. The first-order valence-electron chi connectivity index (χ1n) is 4.16. The topological polar surface area (TPSA) is 79.8 Å². The van der Waals surface area contributed by atoms with E-state index in [9.17, 15) is 10.1 Å². The molecule has 72 valence electrons. The summed E-state index contributed by atoms with van der Waals surface area (Å²) in [4.78, 5) is 14.2. The summed E-state index contributed by atoms with van der Waals surface area (Å²) in [6.45, 7) is 0. The van der Waals surface area contributed by atoms with Gasteiger partial charge in [0.05, 0.1) is 21.9 Å². The fourth-order valence-electron chi connectivity index (χ4n) is 1.37. The van der Waals surface area contributed by atoms with E-state index >= 15 is 0 Å². The predicted molar refractivity (Wildman–Crippen MR) is 53.1 cm³/mol. The Bertz CT molecular complexity index is 587. The molecule has 0 saturated carbocycles. The van der Waals surface area contributed by atoms with Crippen LogP contribution in [0.3, 0.4) is 0 Å². The molecule has 0 spiro atoms. The monoisotopic (exact) mass is 199 g/mol. The van der Waals surface area contributed by atoms with Gasteiger partial charge in [0.1, 0.15) is 11.8 Å². The van der Waals surface area contributed by atoms with E-state index in [1.165, 1.54) is 6.07 Å². The fraction of sp³-hybridized carbons (Fsp3) is 0. The van der Waals surface area contributed by atoms with E-state index in [0.717, 1.165) is 0 Å². The molecule has 0 radical (unpaired) electrons. The average Bonchev–Trinajstić information content (AvgIpc) is 2.27. The van der Waals surface area contributed by atoms with Crippen LogP contribution in [-0.4, -0.2) is 9.91 Å². The highest BCUT2D eigenvalue weighted by Crippen LogP contribution is 2.24. The molecule has 1 heterocycles. The summed E-state index contributed by atoms with van der Waals surface area (Å²) in [6.07, 6.45) is 0. The number of benzene rings is 1. The van der Waals surface area contributed by atoms with Crippen molar-refractivity contribution >= 4 is 16.6 Å². The third kappa shape index (κ3) is 1.48. The van der Waals surface area contributed by atoms with Crippen LogP contribution < -0.4 is 0 Å². The Morgan fingerprint density at radius 3 is 2.80 bits per heavy atom. The second kappa shape index (κ2) is 3.35. The normalized spacial score (nSPS) is 9.80. The van der Waals surface area contributed by atoms with Crippen LogP contribution in [0.15, 0.2) is 30.3 Å². The summed E-state index contributed by atoms with van der Waals surface area (Å²) in [5, 5.41) is 19.9. The first kappa shape index (κ1) is 9.09. The van der Waals surface area contributed by atoms with Crippen LogP contribution in [0, 0.1) is 21.4 Å². The summed E-state index contributed by atoms with van der Waals surface area (Å²) in [5.74, 6) is 0. The number of pyridine rings is 1. The minimum Gasteiger partial charge on any atom is -0.258 e. The quantitative estimate of drug-likeness (QED) is 0.519. The Balaban J connectivity index is 2.88. The van der Waals surface area contributed by atoms with Gasteiger partial charge in [0.15, 0.2) is 0 Å². The Labute approximate surface area is 84.7 Å². The van der Waals surface area contributed by atoms with E-state index in [2.05, 4.69) is 4.98 Å². The Hall–Kier alpha value is -2.48. The molecule has 1 aromatic heterocycles. The number of nitrogens with zero attached hydrogens (tertiary/aromatic N) is 3. The molecule has 2 rings (SSSR count). The lowest BCUT2D eigenvalue weighted by Gasteiger charge is -1.98. The molecule has 0 unspecified atom stereocenters. The van der Waals surface area contributed by atoms with E-state index in [1.54, 1.807) is 30.3 Å². The number of aromatic nitrogens is 1. The maximum Gasteiger partial charge on any atom is 0.281 e. The van der Waals surface area contributed by atoms with E-state index in [0.29, 0.717) is 10.9 Å². The average molecular weight is 199 g/mol. The molecule has 0 aliphatic heterocycles. The zero-order valence-corrected chi connectivity index (χ0v) is 7.54. The highest BCUT2D eigenvalue weighted by Gasteiger charge is 2.13. The standard InChI is InChI=1S/C10H5N3O2/c11-6-7-5-10(13(14)15)8-3-1-2-4-9(8)12-7/h1-5H. The Morgan fingerprint density at radius 2 is 2.13 bits per heavy atom. The van der Waals surface area contributed by atoms with Gasteiger partial charge >= 0.3 is 0 Å². The third-order valence-electron chi connectivity index (χ3n) is 2.01. The molecule has 2 aromatic rings. The van der Waals surface area contributed by atoms with Crippen molar-refractivity contribution < 1.29 is 4.92 Å². The van der Waals surface area contributed by atoms with Crippen LogP contribution in [0.25, 0.3) is 10.9 Å². The van der Waals surface area contributed by atoms with Gasteiger partial charge in [-0.05, 0) is 12.1 Å². The van der Waals surface area contributed by atoms with Crippen LogP contribution in [0.5, 0.6) is 0 Å². The van der Waals surface area contributed by atoms with Crippen LogP contribution in [0.2, 0.25) is 0 Å². The van der Waals surface area contributed by atoms with E-state index in [4.69, 9.17) is 5.26 Å². The minimum atomic E-state index is -0.509. The number of nitriles is 1. The molecule has 1 aromatic carbocycles. The summed E-state index contributed by atoms with van der Waals surface area (Å²) in [5.41, 5.74) is 0.431. The van der Waals surface area contributed by atoms with Gasteiger partial charge in [-0.3, -0.25) is 10.1 Å². The molecule has 0 saturated heterocycles. The Morgan fingerprint density at radius 1 is 1.40 bits per heavy atom. The maximum absolute atomic E-state index is 10.8. The second-order valence-electron chi connectivity index (χ2n) is 2.91. The molecule has 0 bridgehead atoms. The molecule has 0 amide bonds. The van der Waals surface area contributed by atoms with Gasteiger partial charge in [-0.1, -0.05) is 12.1 Å². The molecule has 5 heteroatoms. The molecular weight excluding hydrogens is 194 g/mol. The van der Waals surface area contributed by atoms with E-state index in [-0.39, 0.29) is 11.4 Å². The molecule has 0 fully saturated rings. The van der Waals surface area contributed by atoms with Crippen LogP contribution in [-0.2, 0) is 0 Å². The number of hydrogen-bond donors (Lipinski definition) is 0. The molecular formula is C10H5N3O2. The van der Waals surface area contributed by atoms with Crippen molar-refractivity contribution in [2.24, 2.45) is 0 Å². The van der Waals surface area contributed by atoms with Crippen molar-refractivity contribution in [3.05, 3.63) is 46.1 Å². The van der Waals surface area contributed by atoms with E-state index < -0.39 is 4.92 Å². The van der Waals surface area contributed by atoms with Crippen molar-refractivity contribution in [1.29, 1.82) is 5.26 Å². The number of hydrogen-bond acceptors (Lipinski definition) is 4. The number of para-hydroxylation sites is 1. The van der Waals surface area contributed by atoms with Crippen molar-refractivity contribution in [2.75, 3.05) is 0 Å². The summed E-state index contributed by atoms with van der Waals surface area (Å²) >= 11 is 0. The number of nitro groups is 1. The molecule has 0 N–H and O–H groups in total. The Kier molecular flexibility index (Phi) is 2.03. The molecule has 0 aliphatic rings. The molecule has 5 nitrogen and oxygen atoms in total. The zero-order valence-electron chi connectivity index (χ0n) is 7.54. The van der Waals surface area contributed by atoms with Crippen LogP contribution >= 0.6 is 0 Å². The fourth-order valence-corrected chi connectivity index (χ4v) is 1.37. The van der Waals surface area contributed by atoms with Gasteiger partial charge in [-0.2, -0.15) is 5.26 Å². The highest BCUT2D eigenvalue weighted by molar-refractivity contribution is 5.88. The van der Waals surface area contributed by atoms with Gasteiger partial charge in [0.25, 0.3) is 5.69 Å². The van der Waals surface area contributed by atoms with Gasteiger partial charge in [-0.15, -0.1) is 0 Å². The molecule has 0 aliphatic carbocycles. The number of fused-ring (bicyclic) bond motifs is 1. The van der Waals surface area contributed by atoms with Crippen LogP contribution in [0.4, 0.5) is 5.69 Å². The predicted octanol–water partition coefficient (Wildman–Crippen LogP) is 2.01. The lowest BCUT2D eigenvalue weighted by molar-refractivity contribution is -0.383. The minimum absolute atomic E-state index is 0.0559. The van der Waals surface area contributed by atoms with Crippen molar-refractivity contribution in [3.63, 3.8) is 0 Å².